The van der Waals surface area contributed by atoms with Gasteiger partial charge in [-0.3, -0.25) is 10.1 Å². The number of allylic oxidation sites excluding steroid dienone is 1. The first-order valence-electron chi connectivity index (χ1n) is 7.95. The molecule has 0 N–H and O–H groups in total. The van der Waals surface area contributed by atoms with Crippen LogP contribution >= 0.6 is 22.6 Å². The van der Waals surface area contributed by atoms with Crippen molar-refractivity contribution < 1.29 is 4.92 Å². The first-order valence-corrected chi connectivity index (χ1v) is 9.02. The molecular weight excluding hydrogens is 439 g/mol. The van der Waals surface area contributed by atoms with E-state index in [4.69, 9.17) is 4.99 Å². The molecule has 3 aromatic carbocycles. The molecule has 0 fully saturated rings. The summed E-state index contributed by atoms with van der Waals surface area (Å²) < 4.78 is 1.04. The smallest absolute Gasteiger partial charge is 0.258 e. The molecule has 3 aromatic rings. The third-order valence-electron chi connectivity index (χ3n) is 3.70. The second kappa shape index (κ2) is 8.53. The van der Waals surface area contributed by atoms with Crippen LogP contribution < -0.4 is 0 Å². The van der Waals surface area contributed by atoms with Crippen LogP contribution in [0.1, 0.15) is 11.1 Å². The van der Waals surface area contributed by atoms with Gasteiger partial charge >= 0.3 is 0 Å². The fourth-order valence-corrected chi connectivity index (χ4v) is 2.87. The molecule has 0 amide bonds. The van der Waals surface area contributed by atoms with Gasteiger partial charge in [-0.05, 0) is 58.5 Å². The molecule has 0 spiro atoms. The number of para-hydroxylation sites is 1. The molecule has 0 aliphatic heterocycles. The summed E-state index contributed by atoms with van der Waals surface area (Å²) in [6, 6.07) is 24.2. The molecule has 0 atom stereocenters. The van der Waals surface area contributed by atoms with E-state index >= 15 is 0 Å². The highest BCUT2D eigenvalue weighted by atomic mass is 127. The molecule has 5 heteroatoms. The molecule has 128 valence electrons. The largest absolute Gasteiger partial charge is 0.269 e. The minimum Gasteiger partial charge on any atom is -0.258 e. The summed E-state index contributed by atoms with van der Waals surface area (Å²) in [6.45, 7) is 0. The van der Waals surface area contributed by atoms with Gasteiger partial charge in [0.1, 0.15) is 0 Å². The van der Waals surface area contributed by atoms with E-state index in [1.807, 2.05) is 66.7 Å². The average Bonchev–Trinajstić information content (AvgIpc) is 2.67. The molecule has 0 saturated heterocycles. The summed E-state index contributed by atoms with van der Waals surface area (Å²) in [5.41, 5.74) is 3.55. The Morgan fingerprint density at radius 3 is 2.23 bits per heavy atom. The third-order valence-corrected chi connectivity index (χ3v) is 4.61. The van der Waals surface area contributed by atoms with Gasteiger partial charge in [-0.1, -0.05) is 48.5 Å². The van der Waals surface area contributed by atoms with Gasteiger partial charge in [0.15, 0.2) is 0 Å². The second-order valence-electron chi connectivity index (χ2n) is 5.50. The summed E-state index contributed by atoms with van der Waals surface area (Å²) in [5.74, 6) is 0. The fourth-order valence-electron chi connectivity index (χ4n) is 2.36. The highest BCUT2D eigenvalue weighted by molar-refractivity contribution is 14.1. The Morgan fingerprint density at radius 2 is 1.58 bits per heavy atom. The summed E-state index contributed by atoms with van der Waals surface area (Å²) >= 11 is 2.25. The molecule has 0 aromatic heterocycles. The standard InChI is InChI=1S/C21H15IN2O2/c22-19-8-4-5-9-21(19)23-20(15-10-16-6-2-1-3-7-16)17-11-13-18(14-12-17)24(25)26/h1-15H/b15-10+,23-20?. The van der Waals surface area contributed by atoms with Crippen LogP contribution in [0.15, 0.2) is 89.9 Å². The van der Waals surface area contributed by atoms with Crippen LogP contribution in [0.4, 0.5) is 11.4 Å². The van der Waals surface area contributed by atoms with E-state index in [0.717, 1.165) is 26.1 Å². The number of non-ortho nitro benzene ring substituents is 1. The lowest BCUT2D eigenvalue weighted by molar-refractivity contribution is -0.384. The van der Waals surface area contributed by atoms with E-state index in [-0.39, 0.29) is 5.69 Å². The number of aliphatic imine (C=N–C) groups is 1. The van der Waals surface area contributed by atoms with Crippen molar-refractivity contribution in [3.63, 3.8) is 0 Å². The van der Waals surface area contributed by atoms with Crippen LogP contribution in [0.2, 0.25) is 0 Å². The van der Waals surface area contributed by atoms with Crippen LogP contribution in [0, 0.1) is 13.7 Å². The van der Waals surface area contributed by atoms with E-state index in [1.165, 1.54) is 12.1 Å². The highest BCUT2D eigenvalue weighted by Gasteiger charge is 2.07. The predicted molar refractivity (Wildman–Crippen MR) is 114 cm³/mol. The zero-order valence-corrected chi connectivity index (χ0v) is 15.9. The lowest BCUT2D eigenvalue weighted by atomic mass is 10.1. The van der Waals surface area contributed by atoms with Crippen molar-refractivity contribution in [3.8, 4) is 0 Å². The molecule has 4 nitrogen and oxygen atoms in total. The lowest BCUT2D eigenvalue weighted by Crippen LogP contribution is -1.97. The maximum atomic E-state index is 10.9. The molecule has 0 aliphatic carbocycles. The van der Waals surface area contributed by atoms with Gasteiger partial charge in [-0.15, -0.1) is 0 Å². The zero-order chi connectivity index (χ0) is 18.4. The van der Waals surface area contributed by atoms with Gasteiger partial charge < -0.3 is 0 Å². The SMILES string of the molecule is O=[N+]([O-])c1ccc(C(/C=C/c2ccccc2)=Nc2ccccc2I)cc1. The number of rotatable bonds is 5. The van der Waals surface area contributed by atoms with Gasteiger partial charge in [-0.25, -0.2) is 4.99 Å². The van der Waals surface area contributed by atoms with Crippen molar-refractivity contribution in [2.45, 2.75) is 0 Å². The maximum absolute atomic E-state index is 10.9. The van der Waals surface area contributed by atoms with Crippen LogP contribution in [0.3, 0.4) is 0 Å². The number of hydrogen-bond acceptors (Lipinski definition) is 3. The third kappa shape index (κ3) is 4.64. The van der Waals surface area contributed by atoms with E-state index in [2.05, 4.69) is 22.6 Å². The number of nitro benzene ring substituents is 1. The van der Waals surface area contributed by atoms with Crippen molar-refractivity contribution >= 4 is 45.8 Å². The normalized spacial score (nSPS) is 11.7. The average molecular weight is 454 g/mol. The number of benzene rings is 3. The Balaban J connectivity index is 2.02. The Morgan fingerprint density at radius 1 is 0.923 bits per heavy atom. The van der Waals surface area contributed by atoms with Crippen molar-refractivity contribution in [1.82, 2.24) is 0 Å². The van der Waals surface area contributed by atoms with Gasteiger partial charge in [0.2, 0.25) is 0 Å². The minimum atomic E-state index is -0.402. The Labute approximate surface area is 165 Å². The lowest BCUT2D eigenvalue weighted by Gasteiger charge is -2.04. The first kappa shape index (κ1) is 18.0. The fraction of sp³-hybridized carbons (Fsp3) is 0. The summed E-state index contributed by atoms with van der Waals surface area (Å²) in [6.07, 6.45) is 3.91. The van der Waals surface area contributed by atoms with Crippen LogP contribution in [0.25, 0.3) is 6.08 Å². The monoisotopic (exact) mass is 454 g/mol. The number of nitrogens with zero attached hydrogens (tertiary/aromatic N) is 2. The summed E-state index contributed by atoms with van der Waals surface area (Å²) in [7, 11) is 0. The van der Waals surface area contributed by atoms with E-state index in [9.17, 15) is 10.1 Å². The Hall–Kier alpha value is -2.80. The molecule has 0 unspecified atom stereocenters. The Bertz CT molecular complexity index is 965. The number of hydrogen-bond donors (Lipinski definition) is 0. The molecular formula is C21H15IN2O2. The molecule has 26 heavy (non-hydrogen) atoms. The highest BCUT2D eigenvalue weighted by Crippen LogP contribution is 2.23. The van der Waals surface area contributed by atoms with Crippen molar-refractivity contribution in [1.29, 1.82) is 0 Å². The second-order valence-corrected chi connectivity index (χ2v) is 6.66. The molecule has 0 aliphatic rings. The summed E-state index contributed by atoms with van der Waals surface area (Å²) in [5, 5.41) is 10.9. The molecule has 0 radical (unpaired) electrons. The van der Waals surface area contributed by atoms with E-state index in [1.54, 1.807) is 12.1 Å². The number of nitro groups is 1. The van der Waals surface area contributed by atoms with Crippen LogP contribution in [-0.2, 0) is 0 Å². The van der Waals surface area contributed by atoms with E-state index in [0.29, 0.717) is 0 Å². The van der Waals surface area contributed by atoms with Gasteiger partial charge in [0.05, 0.1) is 16.3 Å². The quantitative estimate of drug-likeness (QED) is 0.205. The van der Waals surface area contributed by atoms with Crippen LogP contribution in [-0.4, -0.2) is 10.6 Å². The summed E-state index contributed by atoms with van der Waals surface area (Å²) in [4.78, 5) is 15.3. The molecule has 0 saturated carbocycles. The number of halogens is 1. The minimum absolute atomic E-state index is 0.0643. The van der Waals surface area contributed by atoms with Crippen molar-refractivity contribution in [3.05, 3.63) is 110 Å². The van der Waals surface area contributed by atoms with Crippen LogP contribution in [0.5, 0.6) is 0 Å². The maximum Gasteiger partial charge on any atom is 0.269 e. The van der Waals surface area contributed by atoms with Crippen molar-refractivity contribution in [2.75, 3.05) is 0 Å². The van der Waals surface area contributed by atoms with Gasteiger partial charge in [0, 0.05) is 21.3 Å². The molecule has 0 bridgehead atoms. The molecule has 0 heterocycles. The van der Waals surface area contributed by atoms with Crippen molar-refractivity contribution in [2.24, 2.45) is 4.99 Å². The topological polar surface area (TPSA) is 55.5 Å². The molecule has 3 rings (SSSR count). The zero-order valence-electron chi connectivity index (χ0n) is 13.7. The van der Waals surface area contributed by atoms with E-state index < -0.39 is 4.92 Å². The predicted octanol–water partition coefficient (Wildman–Crippen LogP) is 6.03. The Kier molecular flexibility index (Phi) is 5.91. The first-order chi connectivity index (χ1) is 12.6. The van der Waals surface area contributed by atoms with Gasteiger partial charge in [0.25, 0.3) is 5.69 Å². The van der Waals surface area contributed by atoms with Gasteiger partial charge in [-0.2, -0.15) is 0 Å².